The highest BCUT2D eigenvalue weighted by molar-refractivity contribution is 7.89. The van der Waals surface area contributed by atoms with Crippen LogP contribution in [0.15, 0.2) is 77.7 Å². The van der Waals surface area contributed by atoms with Crippen LogP contribution in [0.1, 0.15) is 106 Å². The first-order valence-electron chi connectivity index (χ1n) is 18.5. The van der Waals surface area contributed by atoms with Crippen molar-refractivity contribution in [2.24, 2.45) is 0 Å². The van der Waals surface area contributed by atoms with Gasteiger partial charge in [0, 0.05) is 36.1 Å². The summed E-state index contributed by atoms with van der Waals surface area (Å²) in [6, 6.07) is 20.8. The molecule has 5 rings (SSSR count). The van der Waals surface area contributed by atoms with E-state index in [1.807, 2.05) is 36.4 Å². The SMILES string of the molecule is COC(=O)c1ccc(CCc2ccc(NC(=O)c3c(NC(=O)c4cccc(S(=O)(=O)N(C)CCCCC(=O)OC(C)(C)C)c4)sc4c3CCCC4)cc2)cc1. The molecule has 0 aliphatic heterocycles. The van der Waals surface area contributed by atoms with Crippen LogP contribution < -0.4 is 10.6 Å². The molecule has 0 fully saturated rings. The second-order valence-electron chi connectivity index (χ2n) is 14.6. The van der Waals surface area contributed by atoms with Crippen molar-refractivity contribution in [1.29, 1.82) is 0 Å². The Morgan fingerprint density at radius 3 is 2.13 bits per heavy atom. The maximum absolute atomic E-state index is 13.8. The van der Waals surface area contributed by atoms with Gasteiger partial charge in [-0.05, 0) is 131 Å². The molecule has 13 heteroatoms. The molecule has 0 atom stereocenters. The first-order valence-corrected chi connectivity index (χ1v) is 20.7. The molecule has 1 aromatic heterocycles. The average Bonchev–Trinajstić information content (AvgIpc) is 3.53. The Balaban J connectivity index is 1.22. The van der Waals surface area contributed by atoms with E-state index in [1.165, 1.54) is 48.0 Å². The minimum Gasteiger partial charge on any atom is -0.465 e. The molecule has 3 aromatic carbocycles. The summed E-state index contributed by atoms with van der Waals surface area (Å²) in [7, 11) is -1.09. The van der Waals surface area contributed by atoms with Crippen molar-refractivity contribution >= 4 is 55.8 Å². The molecule has 0 saturated heterocycles. The number of carbonyl (C=O) groups excluding carboxylic acids is 4. The maximum atomic E-state index is 13.8. The number of aryl methyl sites for hydroxylation is 3. The van der Waals surface area contributed by atoms with Gasteiger partial charge in [0.25, 0.3) is 11.8 Å². The summed E-state index contributed by atoms with van der Waals surface area (Å²) < 4.78 is 38.2. The highest BCUT2D eigenvalue weighted by Crippen LogP contribution is 2.39. The van der Waals surface area contributed by atoms with E-state index in [-0.39, 0.29) is 41.3 Å². The van der Waals surface area contributed by atoms with Crippen LogP contribution in [0.5, 0.6) is 0 Å². The van der Waals surface area contributed by atoms with Gasteiger partial charge in [0.15, 0.2) is 0 Å². The van der Waals surface area contributed by atoms with E-state index in [9.17, 15) is 27.6 Å². The van der Waals surface area contributed by atoms with Crippen molar-refractivity contribution in [3.05, 3.63) is 111 Å². The van der Waals surface area contributed by atoms with Gasteiger partial charge in [0.05, 0.1) is 23.1 Å². The number of rotatable bonds is 15. The molecule has 292 valence electrons. The van der Waals surface area contributed by atoms with Crippen LogP contribution in [0.2, 0.25) is 0 Å². The number of nitrogens with zero attached hydrogens (tertiary/aromatic N) is 1. The standard InChI is InChI=1S/C42H49N3O8S2/c1-42(2,3)53-36(46)15-8-9-26-45(4)55(50,51)33-12-10-11-31(27-33)38(47)44-40-37(34-13-6-7-14-35(34)54-40)39(48)43-32-24-20-29(21-25-32)17-16-28-18-22-30(23-19-28)41(49)52-5/h10-12,18-25,27H,6-9,13-17,26H2,1-5H3,(H,43,48)(H,44,47). The number of sulfonamides is 1. The second kappa shape index (κ2) is 18.2. The summed E-state index contributed by atoms with van der Waals surface area (Å²) >= 11 is 1.39. The van der Waals surface area contributed by atoms with Gasteiger partial charge in [0.2, 0.25) is 10.0 Å². The van der Waals surface area contributed by atoms with E-state index in [2.05, 4.69) is 10.6 Å². The Morgan fingerprint density at radius 1 is 0.818 bits per heavy atom. The number of nitrogens with one attached hydrogen (secondary N) is 2. The summed E-state index contributed by atoms with van der Waals surface area (Å²) in [5.41, 5.74) is 4.24. The normalized spacial score (nSPS) is 12.8. The molecule has 0 radical (unpaired) electrons. The Labute approximate surface area is 327 Å². The van der Waals surface area contributed by atoms with E-state index in [0.29, 0.717) is 34.7 Å². The molecule has 1 heterocycles. The van der Waals surface area contributed by atoms with Crippen molar-refractivity contribution < 1.29 is 37.1 Å². The first-order chi connectivity index (χ1) is 26.1. The lowest BCUT2D eigenvalue weighted by molar-refractivity contribution is -0.154. The van der Waals surface area contributed by atoms with Gasteiger partial charge >= 0.3 is 11.9 Å². The fourth-order valence-electron chi connectivity index (χ4n) is 6.33. The minimum atomic E-state index is -3.92. The zero-order chi connectivity index (χ0) is 39.8. The Morgan fingerprint density at radius 2 is 1.47 bits per heavy atom. The van der Waals surface area contributed by atoms with Gasteiger partial charge in [0.1, 0.15) is 10.6 Å². The second-order valence-corrected chi connectivity index (χ2v) is 17.8. The molecule has 0 spiro atoms. The highest BCUT2D eigenvalue weighted by atomic mass is 32.2. The molecule has 0 bridgehead atoms. The van der Waals surface area contributed by atoms with Crippen LogP contribution in [-0.4, -0.2) is 62.8 Å². The topological polar surface area (TPSA) is 148 Å². The van der Waals surface area contributed by atoms with Gasteiger partial charge in [-0.2, -0.15) is 0 Å². The largest absolute Gasteiger partial charge is 0.465 e. The van der Waals surface area contributed by atoms with Gasteiger partial charge < -0.3 is 20.1 Å². The molecule has 0 unspecified atom stereocenters. The number of esters is 2. The molecule has 0 saturated carbocycles. The summed E-state index contributed by atoms with van der Waals surface area (Å²) in [5.74, 6) is -1.54. The molecule has 4 aromatic rings. The number of amides is 2. The third kappa shape index (κ3) is 11.1. The zero-order valence-electron chi connectivity index (χ0n) is 32.0. The van der Waals surface area contributed by atoms with E-state index in [1.54, 1.807) is 39.0 Å². The fourth-order valence-corrected chi connectivity index (χ4v) is 8.86. The Kier molecular flexibility index (Phi) is 13.7. The summed E-state index contributed by atoms with van der Waals surface area (Å²) in [6.45, 7) is 5.58. The number of methoxy groups -OCH3 is 1. The Hall–Kier alpha value is -4.85. The predicted octanol–water partition coefficient (Wildman–Crippen LogP) is 7.84. The third-order valence-corrected chi connectivity index (χ3v) is 12.3. The zero-order valence-corrected chi connectivity index (χ0v) is 33.7. The summed E-state index contributed by atoms with van der Waals surface area (Å²) in [6.07, 6.45) is 6.14. The molecular formula is C42H49N3O8S2. The molecule has 11 nitrogen and oxygen atoms in total. The summed E-state index contributed by atoms with van der Waals surface area (Å²) in [4.78, 5) is 52.3. The molecule has 1 aliphatic rings. The molecule has 1 aliphatic carbocycles. The monoisotopic (exact) mass is 787 g/mol. The van der Waals surface area contributed by atoms with Crippen LogP contribution >= 0.6 is 11.3 Å². The van der Waals surface area contributed by atoms with Crippen molar-refractivity contribution in [2.75, 3.05) is 31.3 Å². The van der Waals surface area contributed by atoms with Crippen molar-refractivity contribution in [2.45, 2.75) is 89.1 Å². The number of fused-ring (bicyclic) bond motifs is 1. The number of benzene rings is 3. The number of carbonyl (C=O) groups is 4. The van der Waals surface area contributed by atoms with Crippen LogP contribution in [0.3, 0.4) is 0 Å². The average molecular weight is 788 g/mol. The van der Waals surface area contributed by atoms with E-state index < -0.39 is 21.5 Å². The van der Waals surface area contributed by atoms with Gasteiger partial charge in [-0.3, -0.25) is 14.4 Å². The van der Waals surface area contributed by atoms with E-state index in [4.69, 9.17) is 9.47 Å². The van der Waals surface area contributed by atoms with Crippen LogP contribution in [-0.2, 0) is 50.0 Å². The van der Waals surface area contributed by atoms with Crippen molar-refractivity contribution in [3.63, 3.8) is 0 Å². The molecule has 2 N–H and O–H groups in total. The number of anilines is 2. The van der Waals surface area contributed by atoms with Crippen LogP contribution in [0.25, 0.3) is 0 Å². The number of hydrogen-bond acceptors (Lipinski definition) is 9. The van der Waals surface area contributed by atoms with Crippen LogP contribution in [0.4, 0.5) is 10.7 Å². The number of thiophene rings is 1. The molecule has 55 heavy (non-hydrogen) atoms. The lowest BCUT2D eigenvalue weighted by Gasteiger charge is -2.20. The smallest absolute Gasteiger partial charge is 0.337 e. The van der Waals surface area contributed by atoms with Crippen molar-refractivity contribution in [1.82, 2.24) is 4.31 Å². The first kappa shape index (κ1) is 41.3. The third-order valence-electron chi connectivity index (χ3n) is 9.24. The predicted molar refractivity (Wildman–Crippen MR) is 214 cm³/mol. The fraction of sp³-hybridized carbons (Fsp3) is 0.381. The highest BCUT2D eigenvalue weighted by Gasteiger charge is 2.28. The van der Waals surface area contributed by atoms with Gasteiger partial charge in [-0.25, -0.2) is 17.5 Å². The van der Waals surface area contributed by atoms with E-state index >= 15 is 0 Å². The lowest BCUT2D eigenvalue weighted by Crippen LogP contribution is -2.28. The number of ether oxygens (including phenoxy) is 2. The quantitative estimate of drug-likeness (QED) is 0.0915. The molecular weight excluding hydrogens is 739 g/mol. The lowest BCUT2D eigenvalue weighted by atomic mass is 9.95. The number of hydrogen-bond donors (Lipinski definition) is 2. The van der Waals surface area contributed by atoms with Crippen LogP contribution in [0, 0.1) is 0 Å². The minimum absolute atomic E-state index is 0.0295. The molecule has 2 amide bonds. The van der Waals surface area contributed by atoms with Crippen molar-refractivity contribution in [3.8, 4) is 0 Å². The Bertz CT molecular complexity index is 2120. The van der Waals surface area contributed by atoms with Gasteiger partial charge in [-0.15, -0.1) is 11.3 Å². The van der Waals surface area contributed by atoms with E-state index in [0.717, 1.165) is 60.1 Å². The van der Waals surface area contributed by atoms with Gasteiger partial charge in [-0.1, -0.05) is 30.3 Å². The maximum Gasteiger partial charge on any atom is 0.337 e. The summed E-state index contributed by atoms with van der Waals surface area (Å²) in [5, 5.41) is 6.36. The number of unbranched alkanes of at least 4 members (excludes halogenated alkanes) is 1.